The second-order valence-corrected chi connectivity index (χ2v) is 8.62. The van der Waals surface area contributed by atoms with Gasteiger partial charge in [-0.2, -0.15) is 0 Å². The van der Waals surface area contributed by atoms with Gasteiger partial charge in [0.05, 0.1) is 16.7 Å². The van der Waals surface area contributed by atoms with Crippen LogP contribution in [0.2, 0.25) is 10.0 Å². The predicted octanol–water partition coefficient (Wildman–Crippen LogP) is 7.01. The van der Waals surface area contributed by atoms with Crippen LogP contribution in [0.15, 0.2) is 34.8 Å². The Bertz CT molecular complexity index is 781. The molecule has 27 heavy (non-hydrogen) atoms. The average molecular weight is 475 g/mol. The van der Waals surface area contributed by atoms with Crippen molar-refractivity contribution in [2.24, 2.45) is 0 Å². The van der Waals surface area contributed by atoms with E-state index in [1.165, 1.54) is 0 Å². The predicted molar refractivity (Wildman–Crippen MR) is 117 cm³/mol. The van der Waals surface area contributed by atoms with Gasteiger partial charge < -0.3 is 14.8 Å². The zero-order valence-corrected chi connectivity index (χ0v) is 19.3. The van der Waals surface area contributed by atoms with E-state index in [0.29, 0.717) is 29.0 Å². The Morgan fingerprint density at radius 3 is 2.33 bits per heavy atom. The van der Waals surface area contributed by atoms with E-state index in [0.717, 1.165) is 34.3 Å². The van der Waals surface area contributed by atoms with E-state index in [1.54, 1.807) is 6.07 Å². The van der Waals surface area contributed by atoms with Crippen LogP contribution in [0, 0.1) is 0 Å². The Hall–Kier alpha value is -0.940. The Labute approximate surface area is 180 Å². The molecule has 0 aromatic heterocycles. The lowest BCUT2D eigenvalue weighted by Gasteiger charge is -2.25. The van der Waals surface area contributed by atoms with Gasteiger partial charge in [-0.3, -0.25) is 0 Å². The molecular formula is C21H26BrCl2NO2. The first-order valence-corrected chi connectivity index (χ1v) is 10.6. The van der Waals surface area contributed by atoms with Gasteiger partial charge in [0, 0.05) is 16.6 Å². The minimum Gasteiger partial charge on any atom is -0.490 e. The Kier molecular flexibility index (Phi) is 8.29. The molecular weight excluding hydrogens is 449 g/mol. The highest BCUT2D eigenvalue weighted by Crippen LogP contribution is 2.35. The molecule has 3 nitrogen and oxygen atoms in total. The van der Waals surface area contributed by atoms with Crippen molar-refractivity contribution in [2.75, 3.05) is 6.61 Å². The molecule has 0 unspecified atom stereocenters. The van der Waals surface area contributed by atoms with Gasteiger partial charge in [0.15, 0.2) is 11.5 Å². The monoisotopic (exact) mass is 473 g/mol. The molecule has 0 aliphatic rings. The minimum absolute atomic E-state index is 0.0776. The van der Waals surface area contributed by atoms with Gasteiger partial charge in [0.2, 0.25) is 0 Å². The summed E-state index contributed by atoms with van der Waals surface area (Å²) in [6.07, 6.45) is 1.05. The number of rotatable bonds is 9. The molecule has 2 aromatic carbocycles. The number of ether oxygens (including phenoxy) is 2. The first-order valence-electron chi connectivity index (χ1n) is 9.02. The molecule has 148 valence electrons. The zero-order valence-electron chi connectivity index (χ0n) is 16.2. The Balaban J connectivity index is 2.17. The molecule has 0 amide bonds. The third kappa shape index (κ3) is 6.56. The molecule has 0 aliphatic heterocycles. The molecule has 0 bridgehead atoms. The van der Waals surface area contributed by atoms with Crippen molar-refractivity contribution in [1.29, 1.82) is 0 Å². The third-order valence-electron chi connectivity index (χ3n) is 4.43. The quantitative estimate of drug-likeness (QED) is 0.423. The molecule has 0 radical (unpaired) electrons. The summed E-state index contributed by atoms with van der Waals surface area (Å²) >= 11 is 15.7. The van der Waals surface area contributed by atoms with Crippen LogP contribution in [0.4, 0.5) is 0 Å². The maximum Gasteiger partial charge on any atom is 0.162 e. The largest absolute Gasteiger partial charge is 0.490 e. The molecule has 0 atom stereocenters. The number of halogens is 3. The zero-order chi connectivity index (χ0) is 20.0. The molecule has 0 saturated heterocycles. The molecule has 0 heterocycles. The van der Waals surface area contributed by atoms with Gasteiger partial charge in [-0.15, -0.1) is 0 Å². The van der Waals surface area contributed by atoms with Crippen molar-refractivity contribution in [1.82, 2.24) is 5.32 Å². The normalized spacial score (nSPS) is 11.5. The fourth-order valence-corrected chi connectivity index (χ4v) is 3.13. The maximum absolute atomic E-state index is 6.08. The van der Waals surface area contributed by atoms with Gasteiger partial charge in [0.1, 0.15) is 6.61 Å². The molecule has 6 heteroatoms. The average Bonchev–Trinajstić information content (AvgIpc) is 2.63. The lowest BCUT2D eigenvalue weighted by molar-refractivity contribution is 0.268. The van der Waals surface area contributed by atoms with Crippen molar-refractivity contribution in [3.05, 3.63) is 56.0 Å². The number of nitrogens with one attached hydrogen (secondary N) is 1. The highest BCUT2D eigenvalue weighted by molar-refractivity contribution is 9.10. The van der Waals surface area contributed by atoms with Crippen molar-refractivity contribution >= 4 is 39.1 Å². The summed E-state index contributed by atoms with van der Waals surface area (Å²) in [5.74, 6) is 1.42. The lowest BCUT2D eigenvalue weighted by Crippen LogP contribution is -2.37. The fourth-order valence-electron chi connectivity index (χ4n) is 2.34. The van der Waals surface area contributed by atoms with E-state index in [9.17, 15) is 0 Å². The highest BCUT2D eigenvalue weighted by Gasteiger charge is 2.16. The van der Waals surface area contributed by atoms with Gasteiger partial charge in [-0.1, -0.05) is 52.1 Å². The van der Waals surface area contributed by atoms with Crippen LogP contribution in [0.25, 0.3) is 0 Å². The summed E-state index contributed by atoms with van der Waals surface area (Å²) in [4.78, 5) is 0. The molecule has 2 rings (SSSR count). The summed E-state index contributed by atoms with van der Waals surface area (Å²) in [7, 11) is 0. The summed E-state index contributed by atoms with van der Waals surface area (Å²) in [6, 6.07) is 9.46. The van der Waals surface area contributed by atoms with E-state index >= 15 is 0 Å². The molecule has 0 spiro atoms. The van der Waals surface area contributed by atoms with Crippen LogP contribution in [-0.4, -0.2) is 12.1 Å². The van der Waals surface area contributed by atoms with Gasteiger partial charge in [0.25, 0.3) is 0 Å². The van der Waals surface area contributed by atoms with Gasteiger partial charge in [-0.25, -0.2) is 0 Å². The second-order valence-electron chi connectivity index (χ2n) is 6.95. The van der Waals surface area contributed by atoms with Crippen LogP contribution in [0.5, 0.6) is 11.5 Å². The summed E-state index contributed by atoms with van der Waals surface area (Å²) in [6.45, 7) is 10.2. The molecule has 0 aliphatic carbocycles. The summed E-state index contributed by atoms with van der Waals surface area (Å²) < 4.78 is 12.8. The van der Waals surface area contributed by atoms with Gasteiger partial charge >= 0.3 is 0 Å². The number of benzene rings is 2. The van der Waals surface area contributed by atoms with Crippen LogP contribution >= 0.6 is 39.1 Å². The van der Waals surface area contributed by atoms with Crippen molar-refractivity contribution in [2.45, 2.75) is 52.8 Å². The number of hydrogen-bond donors (Lipinski definition) is 1. The standard InChI is InChI=1S/C21H26BrCl2NO2/c1-5-21(3,4)25-12-15-10-19(26-6-2)20(11-16(15)22)27-13-14-7-8-17(23)18(24)9-14/h7-11,25H,5-6,12-13H2,1-4H3. The Morgan fingerprint density at radius 2 is 1.70 bits per heavy atom. The molecule has 2 aromatic rings. The molecule has 0 saturated carbocycles. The topological polar surface area (TPSA) is 30.5 Å². The maximum atomic E-state index is 6.08. The fraction of sp³-hybridized carbons (Fsp3) is 0.429. The van der Waals surface area contributed by atoms with E-state index in [1.807, 2.05) is 31.2 Å². The molecule has 1 N–H and O–H groups in total. The first-order chi connectivity index (χ1) is 12.8. The Morgan fingerprint density at radius 1 is 1.00 bits per heavy atom. The van der Waals surface area contributed by atoms with Crippen LogP contribution in [0.1, 0.15) is 45.2 Å². The van der Waals surface area contributed by atoms with Gasteiger partial charge in [-0.05, 0) is 62.6 Å². The first kappa shape index (κ1) is 22.4. The number of hydrogen-bond acceptors (Lipinski definition) is 3. The molecule has 0 fully saturated rings. The van der Waals surface area contributed by atoms with Crippen molar-refractivity contribution < 1.29 is 9.47 Å². The van der Waals surface area contributed by atoms with Crippen LogP contribution in [-0.2, 0) is 13.2 Å². The van der Waals surface area contributed by atoms with Crippen molar-refractivity contribution in [3.63, 3.8) is 0 Å². The van der Waals surface area contributed by atoms with Crippen molar-refractivity contribution in [3.8, 4) is 11.5 Å². The van der Waals surface area contributed by atoms with E-state index < -0.39 is 0 Å². The van der Waals surface area contributed by atoms with Crippen LogP contribution in [0.3, 0.4) is 0 Å². The lowest BCUT2D eigenvalue weighted by atomic mass is 10.0. The SMILES string of the molecule is CCOc1cc(CNC(C)(C)CC)c(Br)cc1OCc1ccc(Cl)c(Cl)c1. The smallest absolute Gasteiger partial charge is 0.162 e. The van der Waals surface area contributed by atoms with E-state index in [4.69, 9.17) is 32.7 Å². The van der Waals surface area contributed by atoms with Crippen LogP contribution < -0.4 is 14.8 Å². The summed E-state index contributed by atoms with van der Waals surface area (Å²) in [5, 5.41) is 4.62. The third-order valence-corrected chi connectivity index (χ3v) is 5.91. The van der Waals surface area contributed by atoms with E-state index in [-0.39, 0.29) is 5.54 Å². The highest BCUT2D eigenvalue weighted by atomic mass is 79.9. The second kappa shape index (κ2) is 10.0. The van der Waals surface area contributed by atoms with E-state index in [2.05, 4.69) is 42.0 Å². The summed E-state index contributed by atoms with van der Waals surface area (Å²) in [5.41, 5.74) is 2.15. The minimum atomic E-state index is 0.0776.